The molecular weight excluding hydrogens is 273 g/mol. The number of H-pyrrole nitrogens is 1. The molecule has 0 saturated heterocycles. The fraction of sp³-hybridized carbons (Fsp3) is 0.273. The third kappa shape index (κ3) is 2.85. The molecule has 20 heavy (non-hydrogen) atoms. The number of halogens is 3. The van der Waals surface area contributed by atoms with Gasteiger partial charge >= 0.3 is 6.18 Å². The minimum Gasteiger partial charge on any atom is -0.359 e. The van der Waals surface area contributed by atoms with E-state index in [0.29, 0.717) is 0 Å². The number of anilines is 1. The Labute approximate surface area is 111 Å². The molecule has 2 aromatic rings. The van der Waals surface area contributed by atoms with E-state index in [2.05, 4.69) is 25.5 Å². The van der Waals surface area contributed by atoms with Crippen molar-refractivity contribution in [2.75, 3.05) is 5.32 Å². The largest absolute Gasteiger partial charge is 0.453 e. The van der Waals surface area contributed by atoms with Crippen molar-refractivity contribution in [3.63, 3.8) is 0 Å². The molecule has 2 rings (SSSR count). The van der Waals surface area contributed by atoms with Crippen molar-refractivity contribution in [1.29, 1.82) is 5.26 Å². The Morgan fingerprint density at radius 3 is 2.80 bits per heavy atom. The zero-order valence-corrected chi connectivity index (χ0v) is 10.2. The van der Waals surface area contributed by atoms with Crippen molar-refractivity contribution in [2.24, 2.45) is 0 Å². The molecule has 104 valence electrons. The second-order valence-electron chi connectivity index (χ2n) is 3.92. The first-order chi connectivity index (χ1) is 9.41. The Bertz CT molecular complexity index is 642. The van der Waals surface area contributed by atoms with Gasteiger partial charge in [0.05, 0.1) is 11.6 Å². The normalized spacial score (nSPS) is 12.8. The van der Waals surface area contributed by atoms with Gasteiger partial charge in [0.25, 0.3) is 5.82 Å². The lowest BCUT2D eigenvalue weighted by Crippen LogP contribution is -2.12. The van der Waals surface area contributed by atoms with E-state index in [-0.39, 0.29) is 17.2 Å². The maximum Gasteiger partial charge on any atom is 0.453 e. The molecule has 0 aliphatic rings. The summed E-state index contributed by atoms with van der Waals surface area (Å²) in [6.45, 7) is 1.58. The van der Waals surface area contributed by atoms with E-state index in [9.17, 15) is 13.2 Å². The number of alkyl halides is 3. The van der Waals surface area contributed by atoms with Gasteiger partial charge in [-0.25, -0.2) is 9.97 Å². The first-order valence-corrected chi connectivity index (χ1v) is 5.53. The van der Waals surface area contributed by atoms with Crippen LogP contribution in [0.25, 0.3) is 0 Å². The van der Waals surface area contributed by atoms with E-state index in [1.165, 1.54) is 6.20 Å². The summed E-state index contributed by atoms with van der Waals surface area (Å²) in [5.74, 6) is -0.956. The number of aromatic nitrogens is 4. The van der Waals surface area contributed by atoms with E-state index in [1.54, 1.807) is 19.1 Å². The van der Waals surface area contributed by atoms with Crippen molar-refractivity contribution in [2.45, 2.75) is 19.1 Å². The van der Waals surface area contributed by atoms with Gasteiger partial charge in [0.15, 0.2) is 0 Å². The Balaban J connectivity index is 2.18. The molecule has 9 heteroatoms. The molecule has 2 N–H and O–H groups in total. The highest BCUT2D eigenvalue weighted by molar-refractivity contribution is 5.51. The lowest BCUT2D eigenvalue weighted by atomic mass is 10.2. The van der Waals surface area contributed by atoms with Gasteiger partial charge in [0.2, 0.25) is 0 Å². The van der Waals surface area contributed by atoms with Crippen LogP contribution in [0.4, 0.5) is 19.0 Å². The molecule has 0 aromatic carbocycles. The van der Waals surface area contributed by atoms with Crippen molar-refractivity contribution in [1.82, 2.24) is 20.2 Å². The van der Waals surface area contributed by atoms with E-state index < -0.39 is 18.0 Å². The number of rotatable bonds is 3. The zero-order valence-electron chi connectivity index (χ0n) is 10.2. The van der Waals surface area contributed by atoms with Gasteiger partial charge in [-0.1, -0.05) is 0 Å². The van der Waals surface area contributed by atoms with Crippen molar-refractivity contribution >= 4 is 5.82 Å². The van der Waals surface area contributed by atoms with Crippen LogP contribution in [0.2, 0.25) is 0 Å². The quantitative estimate of drug-likeness (QED) is 0.901. The SMILES string of the molecule is CC(Nc1ncccc1C#N)c1nc(C(F)(F)F)n[nH]1. The second kappa shape index (κ2) is 5.16. The van der Waals surface area contributed by atoms with Gasteiger partial charge in [-0.3, -0.25) is 5.10 Å². The number of nitrogens with zero attached hydrogens (tertiary/aromatic N) is 4. The fourth-order valence-electron chi connectivity index (χ4n) is 1.48. The van der Waals surface area contributed by atoms with Gasteiger partial charge in [-0.05, 0) is 19.1 Å². The monoisotopic (exact) mass is 282 g/mol. The summed E-state index contributed by atoms with van der Waals surface area (Å²) in [4.78, 5) is 7.32. The highest BCUT2D eigenvalue weighted by Gasteiger charge is 2.36. The Kier molecular flexibility index (Phi) is 3.56. The molecule has 0 amide bonds. The molecule has 1 atom stereocenters. The standard InChI is InChI=1S/C11H9F3N6/c1-6(8-18-10(20-19-8)11(12,13)14)17-9-7(5-15)3-2-4-16-9/h2-4,6H,1H3,(H,16,17)(H,18,19,20). The molecule has 0 bridgehead atoms. The molecule has 0 fully saturated rings. The van der Waals surface area contributed by atoms with Crippen LogP contribution in [0.5, 0.6) is 0 Å². The highest BCUT2D eigenvalue weighted by Crippen LogP contribution is 2.27. The number of hydrogen-bond donors (Lipinski definition) is 2. The molecule has 0 aliphatic carbocycles. The first kappa shape index (κ1) is 13.8. The molecular formula is C11H9F3N6. The Hall–Kier alpha value is -2.63. The smallest absolute Gasteiger partial charge is 0.359 e. The summed E-state index contributed by atoms with van der Waals surface area (Å²) in [5.41, 5.74) is 0.287. The highest BCUT2D eigenvalue weighted by atomic mass is 19.4. The molecule has 2 aromatic heterocycles. The third-order valence-electron chi connectivity index (χ3n) is 2.45. The Morgan fingerprint density at radius 1 is 1.45 bits per heavy atom. The number of pyridine rings is 1. The van der Waals surface area contributed by atoms with Crippen molar-refractivity contribution in [3.8, 4) is 6.07 Å². The zero-order chi connectivity index (χ0) is 14.8. The van der Waals surface area contributed by atoms with Gasteiger partial charge in [-0.15, -0.1) is 5.10 Å². The average Bonchev–Trinajstić information content (AvgIpc) is 2.89. The minimum absolute atomic E-state index is 0.00636. The van der Waals surface area contributed by atoms with Gasteiger partial charge in [-0.2, -0.15) is 18.4 Å². The second-order valence-corrected chi connectivity index (χ2v) is 3.92. The van der Waals surface area contributed by atoms with Crippen LogP contribution < -0.4 is 5.32 Å². The molecule has 0 saturated carbocycles. The average molecular weight is 282 g/mol. The summed E-state index contributed by atoms with van der Waals surface area (Å²) in [5, 5.41) is 17.0. The molecule has 6 nitrogen and oxygen atoms in total. The van der Waals surface area contributed by atoms with Crippen molar-refractivity contribution < 1.29 is 13.2 Å². The van der Waals surface area contributed by atoms with Gasteiger partial charge in [0, 0.05) is 6.20 Å². The Morgan fingerprint density at radius 2 is 2.20 bits per heavy atom. The number of nitrogens with one attached hydrogen (secondary N) is 2. The van der Waals surface area contributed by atoms with Crippen LogP contribution >= 0.6 is 0 Å². The summed E-state index contributed by atoms with van der Waals surface area (Å²) >= 11 is 0. The van der Waals surface area contributed by atoms with Gasteiger partial charge in [0.1, 0.15) is 17.7 Å². The predicted molar refractivity (Wildman–Crippen MR) is 62.4 cm³/mol. The maximum absolute atomic E-state index is 12.4. The van der Waals surface area contributed by atoms with Crippen LogP contribution in [0.3, 0.4) is 0 Å². The first-order valence-electron chi connectivity index (χ1n) is 5.53. The number of aromatic amines is 1. The molecule has 1 unspecified atom stereocenters. The maximum atomic E-state index is 12.4. The lowest BCUT2D eigenvalue weighted by Gasteiger charge is -2.12. The summed E-state index contributed by atoms with van der Waals surface area (Å²) in [7, 11) is 0. The fourth-order valence-corrected chi connectivity index (χ4v) is 1.48. The molecule has 2 heterocycles. The molecule has 0 radical (unpaired) electrons. The summed E-state index contributed by atoms with van der Waals surface area (Å²) in [6.07, 6.45) is -3.13. The van der Waals surface area contributed by atoms with E-state index in [1.807, 2.05) is 6.07 Å². The molecule has 0 aliphatic heterocycles. The van der Waals surface area contributed by atoms with Crippen molar-refractivity contribution in [3.05, 3.63) is 35.5 Å². The van der Waals surface area contributed by atoms with Crippen LogP contribution in [-0.4, -0.2) is 20.2 Å². The van der Waals surface area contributed by atoms with E-state index in [0.717, 1.165) is 0 Å². The lowest BCUT2D eigenvalue weighted by molar-refractivity contribution is -0.144. The summed E-state index contributed by atoms with van der Waals surface area (Å²) < 4.78 is 37.2. The van der Waals surface area contributed by atoms with E-state index >= 15 is 0 Å². The van der Waals surface area contributed by atoms with Crippen LogP contribution in [0.15, 0.2) is 18.3 Å². The van der Waals surface area contributed by atoms with Crippen LogP contribution in [0, 0.1) is 11.3 Å². The molecule has 0 spiro atoms. The van der Waals surface area contributed by atoms with Crippen LogP contribution in [-0.2, 0) is 6.18 Å². The predicted octanol–water partition coefficient (Wildman–Crippen LogP) is 2.26. The van der Waals surface area contributed by atoms with E-state index in [4.69, 9.17) is 5.26 Å². The topological polar surface area (TPSA) is 90.3 Å². The van der Waals surface area contributed by atoms with Gasteiger partial charge < -0.3 is 5.32 Å². The van der Waals surface area contributed by atoms with Crippen LogP contribution in [0.1, 0.15) is 30.2 Å². The third-order valence-corrected chi connectivity index (χ3v) is 2.45. The number of hydrogen-bond acceptors (Lipinski definition) is 5. The minimum atomic E-state index is -4.60. The summed E-state index contributed by atoms with van der Waals surface area (Å²) in [6, 6.07) is 4.45. The number of nitriles is 1.